The molecular weight excluding hydrogens is 442 g/mol. The number of rotatable bonds is 8. The van der Waals surface area contributed by atoms with Crippen LogP contribution in [0.4, 0.5) is 5.69 Å². The van der Waals surface area contributed by atoms with E-state index >= 15 is 0 Å². The van der Waals surface area contributed by atoms with Gasteiger partial charge in [0.1, 0.15) is 5.75 Å². The van der Waals surface area contributed by atoms with Crippen LogP contribution in [0.15, 0.2) is 71.6 Å². The highest BCUT2D eigenvalue weighted by molar-refractivity contribution is 7.89. The highest BCUT2D eigenvalue weighted by atomic mass is 32.2. The fourth-order valence-electron chi connectivity index (χ4n) is 3.18. The van der Waals surface area contributed by atoms with Gasteiger partial charge in [-0.1, -0.05) is 17.7 Å². The number of ether oxygens (including phenoxy) is 1. The second kappa shape index (κ2) is 9.85. The molecule has 3 aromatic rings. The molecule has 2 amide bonds. The molecule has 0 radical (unpaired) electrons. The van der Waals surface area contributed by atoms with Crippen molar-refractivity contribution in [3.05, 3.63) is 89.0 Å². The van der Waals surface area contributed by atoms with Gasteiger partial charge < -0.3 is 15.8 Å². The lowest BCUT2D eigenvalue weighted by Crippen LogP contribution is -2.27. The topological polar surface area (TPSA) is 119 Å². The Morgan fingerprint density at radius 1 is 0.970 bits per heavy atom. The molecule has 0 aromatic heterocycles. The van der Waals surface area contributed by atoms with Crippen LogP contribution in [0.2, 0.25) is 0 Å². The zero-order valence-corrected chi connectivity index (χ0v) is 19.3. The van der Waals surface area contributed by atoms with Crippen LogP contribution in [0.5, 0.6) is 5.75 Å². The van der Waals surface area contributed by atoms with Crippen LogP contribution in [-0.4, -0.2) is 38.7 Å². The van der Waals surface area contributed by atoms with Gasteiger partial charge in [0.2, 0.25) is 15.9 Å². The Hall–Kier alpha value is -3.69. The van der Waals surface area contributed by atoms with Crippen molar-refractivity contribution in [2.45, 2.75) is 18.4 Å². The van der Waals surface area contributed by atoms with Gasteiger partial charge in [-0.15, -0.1) is 0 Å². The summed E-state index contributed by atoms with van der Waals surface area (Å²) < 4.78 is 32.5. The summed E-state index contributed by atoms with van der Waals surface area (Å²) in [6.45, 7) is 1.89. The van der Waals surface area contributed by atoms with Crippen molar-refractivity contribution in [1.29, 1.82) is 0 Å². The number of hydrogen-bond donors (Lipinski definition) is 2. The van der Waals surface area contributed by atoms with Gasteiger partial charge in [0.05, 0.1) is 12.0 Å². The van der Waals surface area contributed by atoms with Crippen LogP contribution in [0.1, 0.15) is 31.8 Å². The number of carbonyl (C=O) groups excluding carboxylic acids is 2. The molecule has 3 rings (SSSR count). The van der Waals surface area contributed by atoms with Crippen molar-refractivity contribution in [3.8, 4) is 5.75 Å². The molecule has 0 bridgehead atoms. The number of hydrogen-bond acceptors (Lipinski definition) is 5. The number of nitrogens with two attached hydrogens (primary N) is 1. The lowest BCUT2D eigenvalue weighted by atomic mass is 10.1. The van der Waals surface area contributed by atoms with Crippen molar-refractivity contribution in [2.24, 2.45) is 5.73 Å². The van der Waals surface area contributed by atoms with E-state index in [4.69, 9.17) is 10.5 Å². The van der Waals surface area contributed by atoms with Crippen LogP contribution in [0.3, 0.4) is 0 Å². The number of primary amides is 1. The molecule has 0 saturated carbocycles. The Balaban J connectivity index is 1.82. The molecular formula is C24H25N3O5S. The number of methoxy groups -OCH3 is 1. The second-order valence-corrected chi connectivity index (χ2v) is 9.54. The van der Waals surface area contributed by atoms with Gasteiger partial charge in [-0.3, -0.25) is 9.59 Å². The van der Waals surface area contributed by atoms with E-state index in [0.717, 1.165) is 5.56 Å². The maximum absolute atomic E-state index is 13.0. The standard InChI is InChI=1S/C24H25N3O5S/c1-16-4-11-21(12-5-16)33(30,31)27(2)15-19-14-18(8-13-22(19)32-3)24(29)26-20-9-6-17(7-10-20)23(25)28/h4-14H,15H2,1-3H3,(H2,25,28)(H,26,29). The van der Waals surface area contributed by atoms with Gasteiger partial charge in [0.15, 0.2) is 0 Å². The number of nitrogens with zero attached hydrogens (tertiary/aromatic N) is 1. The van der Waals surface area contributed by atoms with Gasteiger partial charge in [-0.25, -0.2) is 8.42 Å². The first-order chi connectivity index (χ1) is 15.6. The Morgan fingerprint density at radius 2 is 1.58 bits per heavy atom. The molecule has 8 nitrogen and oxygen atoms in total. The fraction of sp³-hybridized carbons (Fsp3) is 0.167. The van der Waals surface area contributed by atoms with E-state index < -0.39 is 21.8 Å². The normalized spacial score (nSPS) is 11.3. The van der Waals surface area contributed by atoms with Crippen molar-refractivity contribution in [2.75, 3.05) is 19.5 Å². The fourth-order valence-corrected chi connectivity index (χ4v) is 4.33. The summed E-state index contributed by atoms with van der Waals surface area (Å²) in [5.41, 5.74) is 7.87. The molecule has 0 fully saturated rings. The minimum atomic E-state index is -3.73. The van der Waals surface area contributed by atoms with Gasteiger partial charge in [-0.05, 0) is 61.5 Å². The van der Waals surface area contributed by atoms with E-state index in [9.17, 15) is 18.0 Å². The van der Waals surface area contributed by atoms with E-state index in [0.29, 0.717) is 28.1 Å². The molecule has 3 aromatic carbocycles. The summed E-state index contributed by atoms with van der Waals surface area (Å²) in [6.07, 6.45) is 0. The third kappa shape index (κ3) is 5.57. The van der Waals surface area contributed by atoms with Crippen LogP contribution in [0, 0.1) is 6.92 Å². The Kier molecular flexibility index (Phi) is 7.15. The quantitative estimate of drug-likeness (QED) is 0.527. The molecule has 0 aliphatic heterocycles. The minimum absolute atomic E-state index is 0.00775. The monoisotopic (exact) mass is 467 g/mol. The highest BCUT2D eigenvalue weighted by Crippen LogP contribution is 2.25. The number of benzene rings is 3. The first kappa shape index (κ1) is 24.0. The minimum Gasteiger partial charge on any atom is -0.496 e. The molecule has 0 atom stereocenters. The number of anilines is 1. The largest absolute Gasteiger partial charge is 0.496 e. The van der Waals surface area contributed by atoms with Gasteiger partial charge in [0, 0.05) is 36.0 Å². The first-order valence-corrected chi connectivity index (χ1v) is 11.5. The molecule has 0 spiro atoms. The van der Waals surface area contributed by atoms with E-state index in [1.165, 1.54) is 30.6 Å². The smallest absolute Gasteiger partial charge is 0.255 e. The number of sulfonamides is 1. The Bertz CT molecular complexity index is 1270. The first-order valence-electron chi connectivity index (χ1n) is 10.0. The second-order valence-electron chi connectivity index (χ2n) is 7.50. The van der Waals surface area contributed by atoms with E-state index in [-0.39, 0.29) is 11.4 Å². The van der Waals surface area contributed by atoms with Gasteiger partial charge >= 0.3 is 0 Å². The zero-order chi connectivity index (χ0) is 24.2. The lowest BCUT2D eigenvalue weighted by Gasteiger charge is -2.19. The number of carbonyl (C=O) groups is 2. The predicted octanol–water partition coefficient (Wildman–Crippen LogP) is 3.18. The molecule has 3 N–H and O–H groups in total. The lowest BCUT2D eigenvalue weighted by molar-refractivity contribution is 0.0998. The Morgan fingerprint density at radius 3 is 2.15 bits per heavy atom. The molecule has 0 unspecified atom stereocenters. The summed E-state index contributed by atoms with van der Waals surface area (Å²) >= 11 is 0. The molecule has 172 valence electrons. The van der Waals surface area contributed by atoms with Gasteiger partial charge in [0.25, 0.3) is 5.91 Å². The number of amides is 2. The van der Waals surface area contributed by atoms with Crippen LogP contribution >= 0.6 is 0 Å². The van der Waals surface area contributed by atoms with E-state index in [1.54, 1.807) is 54.6 Å². The highest BCUT2D eigenvalue weighted by Gasteiger charge is 2.22. The summed E-state index contributed by atoms with van der Waals surface area (Å²) in [7, 11) is -0.779. The molecule has 0 saturated heterocycles. The molecule has 0 aliphatic carbocycles. The molecule has 9 heteroatoms. The maximum Gasteiger partial charge on any atom is 0.255 e. The molecule has 0 heterocycles. The Labute approximate surface area is 193 Å². The van der Waals surface area contributed by atoms with E-state index in [1.807, 2.05) is 6.92 Å². The summed E-state index contributed by atoms with van der Waals surface area (Å²) in [4.78, 5) is 24.1. The third-order valence-electron chi connectivity index (χ3n) is 5.09. The van der Waals surface area contributed by atoms with Gasteiger partial charge in [-0.2, -0.15) is 4.31 Å². The number of aryl methyl sites for hydroxylation is 1. The molecule has 33 heavy (non-hydrogen) atoms. The van der Waals surface area contributed by atoms with Crippen molar-refractivity contribution >= 4 is 27.5 Å². The van der Waals surface area contributed by atoms with Crippen LogP contribution < -0.4 is 15.8 Å². The summed E-state index contributed by atoms with van der Waals surface area (Å²) in [6, 6.07) is 17.6. The van der Waals surface area contributed by atoms with Crippen molar-refractivity contribution < 1.29 is 22.7 Å². The van der Waals surface area contributed by atoms with Crippen LogP contribution in [-0.2, 0) is 16.6 Å². The SMILES string of the molecule is COc1ccc(C(=O)Nc2ccc(C(N)=O)cc2)cc1CN(C)S(=O)(=O)c1ccc(C)cc1. The molecule has 0 aliphatic rings. The number of nitrogens with one attached hydrogen (secondary N) is 1. The predicted molar refractivity (Wildman–Crippen MR) is 126 cm³/mol. The van der Waals surface area contributed by atoms with Crippen molar-refractivity contribution in [3.63, 3.8) is 0 Å². The average molecular weight is 468 g/mol. The average Bonchev–Trinajstić information content (AvgIpc) is 2.79. The van der Waals surface area contributed by atoms with Crippen molar-refractivity contribution in [1.82, 2.24) is 4.31 Å². The van der Waals surface area contributed by atoms with Crippen LogP contribution in [0.25, 0.3) is 0 Å². The summed E-state index contributed by atoms with van der Waals surface area (Å²) in [5, 5.41) is 2.74. The maximum atomic E-state index is 13.0. The summed E-state index contributed by atoms with van der Waals surface area (Å²) in [5.74, 6) is -0.490. The zero-order valence-electron chi connectivity index (χ0n) is 18.5. The van der Waals surface area contributed by atoms with E-state index in [2.05, 4.69) is 5.32 Å². The third-order valence-corrected chi connectivity index (χ3v) is 6.91.